The predicted octanol–water partition coefficient (Wildman–Crippen LogP) is 2.52. The summed E-state index contributed by atoms with van der Waals surface area (Å²) in [5.41, 5.74) is 1.77. The number of carbonyl (C=O) groups excluding carboxylic acids is 1. The Morgan fingerprint density at radius 2 is 2.00 bits per heavy atom. The number of rotatable bonds is 2. The van der Waals surface area contributed by atoms with E-state index in [4.69, 9.17) is 0 Å². The van der Waals surface area contributed by atoms with Crippen molar-refractivity contribution in [3.05, 3.63) is 36.0 Å². The first-order valence-electron chi connectivity index (χ1n) is 7.80. The molecule has 2 aliphatic heterocycles. The Morgan fingerprint density at radius 3 is 2.76 bits per heavy atom. The van der Waals surface area contributed by atoms with Crippen molar-refractivity contribution in [1.29, 1.82) is 0 Å². The fourth-order valence-electron chi connectivity index (χ4n) is 3.99. The molecule has 4 heteroatoms. The minimum atomic E-state index is 0.0560. The molecule has 2 saturated heterocycles. The lowest BCUT2D eigenvalue weighted by Gasteiger charge is -2.36. The van der Waals surface area contributed by atoms with Gasteiger partial charge in [-0.05, 0) is 56.3 Å². The van der Waals surface area contributed by atoms with E-state index in [1.54, 1.807) is 0 Å². The highest BCUT2D eigenvalue weighted by Gasteiger charge is 2.38. The summed E-state index contributed by atoms with van der Waals surface area (Å²) in [4.78, 5) is 18.1. The van der Waals surface area contributed by atoms with Crippen LogP contribution >= 0.6 is 0 Å². The lowest BCUT2D eigenvalue weighted by atomic mass is 9.97. The Kier molecular flexibility index (Phi) is 3.00. The largest absolute Gasteiger partial charge is 0.361 e. The molecule has 110 valence electrons. The zero-order valence-electron chi connectivity index (χ0n) is 12.3. The molecular weight excluding hydrogens is 262 g/mol. The highest BCUT2D eigenvalue weighted by molar-refractivity contribution is 5.98. The molecule has 2 bridgehead atoms. The third-order valence-electron chi connectivity index (χ3n) is 5.25. The van der Waals surface area contributed by atoms with E-state index < -0.39 is 0 Å². The summed E-state index contributed by atoms with van der Waals surface area (Å²) in [7, 11) is 2.22. The Morgan fingerprint density at radius 1 is 1.24 bits per heavy atom. The molecule has 0 spiro atoms. The number of carbonyl (C=O) groups is 1. The van der Waals surface area contributed by atoms with Crippen LogP contribution < -0.4 is 5.32 Å². The van der Waals surface area contributed by atoms with Crippen molar-refractivity contribution >= 4 is 16.8 Å². The Labute approximate surface area is 124 Å². The normalized spacial score (nSPS) is 28.9. The van der Waals surface area contributed by atoms with Gasteiger partial charge in [-0.3, -0.25) is 4.79 Å². The lowest BCUT2D eigenvalue weighted by Crippen LogP contribution is -2.48. The van der Waals surface area contributed by atoms with Crippen LogP contribution in [0.4, 0.5) is 0 Å². The Hall–Kier alpha value is -1.81. The first kappa shape index (κ1) is 12.9. The maximum atomic E-state index is 12.5. The summed E-state index contributed by atoms with van der Waals surface area (Å²) in [6, 6.07) is 9.50. The highest BCUT2D eigenvalue weighted by Crippen LogP contribution is 2.34. The molecule has 2 fully saturated rings. The van der Waals surface area contributed by atoms with Gasteiger partial charge in [0.15, 0.2) is 0 Å². The van der Waals surface area contributed by atoms with E-state index in [0.29, 0.717) is 18.1 Å². The number of H-pyrrole nitrogens is 1. The van der Waals surface area contributed by atoms with Crippen molar-refractivity contribution in [2.75, 3.05) is 7.05 Å². The molecule has 4 rings (SSSR count). The van der Waals surface area contributed by atoms with E-state index >= 15 is 0 Å². The van der Waals surface area contributed by atoms with Gasteiger partial charge in [-0.15, -0.1) is 0 Å². The smallest absolute Gasteiger partial charge is 0.251 e. The number of amides is 1. The minimum absolute atomic E-state index is 0.0560. The van der Waals surface area contributed by atoms with Crippen LogP contribution in [0, 0.1) is 0 Å². The average molecular weight is 283 g/mol. The van der Waals surface area contributed by atoms with E-state index in [0.717, 1.165) is 29.3 Å². The van der Waals surface area contributed by atoms with Gasteiger partial charge in [-0.2, -0.15) is 0 Å². The number of hydrogen-bond acceptors (Lipinski definition) is 2. The second kappa shape index (κ2) is 4.88. The number of fused-ring (bicyclic) bond motifs is 3. The third-order valence-corrected chi connectivity index (χ3v) is 5.25. The van der Waals surface area contributed by atoms with Gasteiger partial charge in [0.25, 0.3) is 5.91 Å². The number of piperidine rings is 1. The zero-order chi connectivity index (χ0) is 14.4. The first-order chi connectivity index (χ1) is 10.2. The van der Waals surface area contributed by atoms with E-state index in [-0.39, 0.29) is 5.91 Å². The van der Waals surface area contributed by atoms with Gasteiger partial charge in [0, 0.05) is 35.4 Å². The SMILES string of the molecule is CN1[C@H]2CC[C@H]1CC(NC(=O)c1ccc3cc[nH]c3c1)C2. The fraction of sp³-hybridized carbons (Fsp3) is 0.471. The van der Waals surface area contributed by atoms with Crippen LogP contribution in [0.15, 0.2) is 30.5 Å². The number of benzene rings is 1. The van der Waals surface area contributed by atoms with Gasteiger partial charge >= 0.3 is 0 Å². The maximum absolute atomic E-state index is 12.5. The molecule has 2 aliphatic rings. The summed E-state index contributed by atoms with van der Waals surface area (Å²) in [6.07, 6.45) is 6.64. The Bertz CT molecular complexity index is 663. The van der Waals surface area contributed by atoms with Crippen molar-refractivity contribution in [3.63, 3.8) is 0 Å². The van der Waals surface area contributed by atoms with Gasteiger partial charge in [-0.25, -0.2) is 0 Å². The molecule has 0 saturated carbocycles. The molecule has 1 aromatic heterocycles. The maximum Gasteiger partial charge on any atom is 0.251 e. The summed E-state index contributed by atoms with van der Waals surface area (Å²) in [6.45, 7) is 0. The van der Waals surface area contributed by atoms with Crippen LogP contribution in [0.3, 0.4) is 0 Å². The van der Waals surface area contributed by atoms with Gasteiger partial charge in [-0.1, -0.05) is 6.07 Å². The number of hydrogen-bond donors (Lipinski definition) is 2. The van der Waals surface area contributed by atoms with E-state index in [1.807, 2.05) is 30.5 Å². The van der Waals surface area contributed by atoms with Gasteiger partial charge < -0.3 is 15.2 Å². The molecule has 1 aromatic carbocycles. The van der Waals surface area contributed by atoms with Gasteiger partial charge in [0.2, 0.25) is 0 Å². The summed E-state index contributed by atoms with van der Waals surface area (Å²) < 4.78 is 0. The zero-order valence-corrected chi connectivity index (χ0v) is 12.3. The second-order valence-corrected chi connectivity index (χ2v) is 6.47. The molecule has 0 aliphatic carbocycles. The molecule has 4 nitrogen and oxygen atoms in total. The number of aromatic amines is 1. The molecule has 2 aromatic rings. The quantitative estimate of drug-likeness (QED) is 0.889. The monoisotopic (exact) mass is 283 g/mol. The van der Waals surface area contributed by atoms with Gasteiger partial charge in [0.1, 0.15) is 0 Å². The summed E-state index contributed by atoms with van der Waals surface area (Å²) in [5, 5.41) is 4.38. The molecule has 3 heterocycles. The average Bonchev–Trinajstić information content (AvgIpc) is 3.01. The lowest BCUT2D eigenvalue weighted by molar-refractivity contribution is 0.0882. The van der Waals surface area contributed by atoms with Crippen molar-refractivity contribution in [2.45, 2.75) is 43.8 Å². The van der Waals surface area contributed by atoms with E-state index in [2.05, 4.69) is 22.2 Å². The standard InChI is InChI=1S/C17H21N3O/c1-20-14-4-5-15(20)10-13(9-14)19-17(21)12-3-2-11-6-7-18-16(11)8-12/h2-3,6-8,13-15,18H,4-5,9-10H2,1H3,(H,19,21)/t14-,15-/m0/s1. The van der Waals surface area contributed by atoms with Crippen molar-refractivity contribution in [1.82, 2.24) is 15.2 Å². The number of aromatic nitrogens is 1. The van der Waals surface area contributed by atoms with Crippen molar-refractivity contribution < 1.29 is 4.79 Å². The second-order valence-electron chi connectivity index (χ2n) is 6.47. The number of nitrogens with zero attached hydrogens (tertiary/aromatic N) is 1. The predicted molar refractivity (Wildman–Crippen MR) is 83.4 cm³/mol. The van der Waals surface area contributed by atoms with Crippen LogP contribution in [0.25, 0.3) is 10.9 Å². The topological polar surface area (TPSA) is 48.1 Å². The minimum Gasteiger partial charge on any atom is -0.361 e. The number of nitrogens with one attached hydrogen (secondary N) is 2. The summed E-state index contributed by atoms with van der Waals surface area (Å²) in [5.74, 6) is 0.0560. The molecule has 2 N–H and O–H groups in total. The van der Waals surface area contributed by atoms with Crippen molar-refractivity contribution in [3.8, 4) is 0 Å². The van der Waals surface area contributed by atoms with Gasteiger partial charge in [0.05, 0.1) is 0 Å². The molecule has 2 atom stereocenters. The van der Waals surface area contributed by atoms with Crippen LogP contribution in [0.2, 0.25) is 0 Å². The third kappa shape index (κ3) is 2.23. The molecule has 21 heavy (non-hydrogen) atoms. The van der Waals surface area contributed by atoms with Crippen LogP contribution in [0.5, 0.6) is 0 Å². The van der Waals surface area contributed by atoms with Crippen LogP contribution in [-0.2, 0) is 0 Å². The van der Waals surface area contributed by atoms with E-state index in [1.165, 1.54) is 12.8 Å². The first-order valence-corrected chi connectivity index (χ1v) is 7.80. The van der Waals surface area contributed by atoms with Crippen LogP contribution in [0.1, 0.15) is 36.0 Å². The molecular formula is C17H21N3O. The molecule has 0 unspecified atom stereocenters. The van der Waals surface area contributed by atoms with Crippen LogP contribution in [-0.4, -0.2) is 41.0 Å². The Balaban J connectivity index is 1.48. The van der Waals surface area contributed by atoms with E-state index in [9.17, 15) is 4.79 Å². The van der Waals surface area contributed by atoms with Crippen molar-refractivity contribution in [2.24, 2.45) is 0 Å². The summed E-state index contributed by atoms with van der Waals surface area (Å²) >= 11 is 0. The fourth-order valence-corrected chi connectivity index (χ4v) is 3.99. The molecule has 1 amide bonds. The molecule has 0 radical (unpaired) electrons. The highest BCUT2D eigenvalue weighted by atomic mass is 16.1.